The Hall–Kier alpha value is -1.48. The van der Waals surface area contributed by atoms with Gasteiger partial charge < -0.3 is 0 Å². The maximum Gasteiger partial charge on any atom is 0.266 e. The van der Waals surface area contributed by atoms with Crippen molar-refractivity contribution in [2.75, 3.05) is 0 Å². The van der Waals surface area contributed by atoms with Gasteiger partial charge in [0, 0.05) is 0 Å². The van der Waals surface area contributed by atoms with Crippen LogP contribution in [0.15, 0.2) is 40.6 Å². The number of sulfonamides is 1. The van der Waals surface area contributed by atoms with E-state index in [0.717, 1.165) is 11.3 Å². The van der Waals surface area contributed by atoms with Crippen LogP contribution in [0.4, 0.5) is 4.39 Å². The molecule has 21 heavy (non-hydrogen) atoms. The molecule has 1 aromatic carbocycles. The summed E-state index contributed by atoms with van der Waals surface area (Å²) < 4.78 is 36.7. The largest absolute Gasteiger partial charge is 0.277 e. The fourth-order valence-corrected chi connectivity index (χ4v) is 3.79. The summed E-state index contributed by atoms with van der Waals surface area (Å²) in [6, 6.07) is 8.12. The van der Waals surface area contributed by atoms with Gasteiger partial charge in [-0.2, -0.15) is 0 Å². The molecule has 0 fully saturated rings. The van der Waals surface area contributed by atoms with Crippen LogP contribution in [0, 0.1) is 5.82 Å². The summed E-state index contributed by atoms with van der Waals surface area (Å²) in [6.45, 7) is 0. The van der Waals surface area contributed by atoms with E-state index in [0.29, 0.717) is 9.90 Å². The molecule has 1 amide bonds. The van der Waals surface area contributed by atoms with Crippen LogP contribution in [-0.4, -0.2) is 14.3 Å². The minimum Gasteiger partial charge on any atom is -0.277 e. The summed E-state index contributed by atoms with van der Waals surface area (Å²) in [5, 5.41) is 0. The van der Waals surface area contributed by atoms with Gasteiger partial charge in [0.2, 0.25) is 5.91 Å². The number of benzene rings is 1. The van der Waals surface area contributed by atoms with Crippen molar-refractivity contribution in [1.82, 2.24) is 10.3 Å². The third kappa shape index (κ3) is 4.50. The van der Waals surface area contributed by atoms with E-state index in [-0.39, 0.29) is 10.6 Å². The third-order valence-corrected chi connectivity index (χ3v) is 5.39. The van der Waals surface area contributed by atoms with Crippen LogP contribution in [0.1, 0.15) is 5.56 Å². The average molecular weight is 349 g/mol. The number of hydrogen-bond acceptors (Lipinski definition) is 4. The minimum absolute atomic E-state index is 0.00502. The van der Waals surface area contributed by atoms with E-state index in [4.69, 9.17) is 11.6 Å². The van der Waals surface area contributed by atoms with Crippen LogP contribution in [0.5, 0.6) is 0 Å². The van der Waals surface area contributed by atoms with Crippen LogP contribution in [-0.2, 0) is 21.2 Å². The Morgan fingerprint density at radius 2 is 1.86 bits per heavy atom. The van der Waals surface area contributed by atoms with Gasteiger partial charge in [-0.3, -0.25) is 10.2 Å². The number of halogens is 2. The Morgan fingerprint density at radius 1 is 1.19 bits per heavy atom. The molecular weight excluding hydrogens is 339 g/mol. The number of carbonyl (C=O) groups excluding carboxylic acids is 1. The second-order valence-electron chi connectivity index (χ2n) is 4.02. The molecule has 9 heteroatoms. The third-order valence-electron chi connectivity index (χ3n) is 2.42. The van der Waals surface area contributed by atoms with Gasteiger partial charge in [-0.25, -0.2) is 12.8 Å². The van der Waals surface area contributed by atoms with Crippen LogP contribution < -0.4 is 10.3 Å². The van der Waals surface area contributed by atoms with Gasteiger partial charge in [0.1, 0.15) is 10.0 Å². The molecule has 0 atom stereocenters. The van der Waals surface area contributed by atoms with Crippen molar-refractivity contribution < 1.29 is 17.6 Å². The first kappa shape index (κ1) is 15.9. The Kier molecular flexibility index (Phi) is 4.94. The molecule has 112 valence electrons. The molecule has 2 rings (SSSR count). The lowest BCUT2D eigenvalue weighted by atomic mass is 10.1. The van der Waals surface area contributed by atoms with E-state index >= 15 is 0 Å². The minimum atomic E-state index is -3.84. The fraction of sp³-hybridized carbons (Fsp3) is 0.0833. The Balaban J connectivity index is 1.93. The molecule has 5 nitrogen and oxygen atoms in total. The van der Waals surface area contributed by atoms with Crippen molar-refractivity contribution in [2.24, 2.45) is 0 Å². The maximum absolute atomic E-state index is 12.7. The number of amides is 1. The topological polar surface area (TPSA) is 75.3 Å². The van der Waals surface area contributed by atoms with Gasteiger partial charge in [0.15, 0.2) is 0 Å². The predicted molar refractivity (Wildman–Crippen MR) is 77.9 cm³/mol. The first-order chi connectivity index (χ1) is 9.87. The predicted octanol–water partition coefficient (Wildman–Crippen LogP) is 2.09. The molecule has 1 aromatic heterocycles. The summed E-state index contributed by atoms with van der Waals surface area (Å²) in [6.07, 6.45) is -0.0754. The van der Waals surface area contributed by atoms with Gasteiger partial charge in [-0.15, -0.1) is 16.2 Å². The quantitative estimate of drug-likeness (QED) is 0.812. The summed E-state index contributed by atoms with van der Waals surface area (Å²) >= 11 is 6.53. The molecule has 0 unspecified atom stereocenters. The fourth-order valence-electron chi connectivity index (χ4n) is 1.45. The number of thiophene rings is 1. The van der Waals surface area contributed by atoms with Crippen LogP contribution in [0.3, 0.4) is 0 Å². The van der Waals surface area contributed by atoms with Crippen molar-refractivity contribution in [3.05, 3.63) is 52.1 Å². The average Bonchev–Trinajstić information content (AvgIpc) is 2.87. The summed E-state index contributed by atoms with van der Waals surface area (Å²) in [5.41, 5.74) is 2.65. The van der Waals surface area contributed by atoms with E-state index in [1.807, 2.05) is 4.83 Å². The smallest absolute Gasteiger partial charge is 0.266 e. The highest BCUT2D eigenvalue weighted by atomic mass is 35.5. The maximum atomic E-state index is 12.7. The molecule has 2 aromatic rings. The van der Waals surface area contributed by atoms with Gasteiger partial charge in [0.05, 0.1) is 10.8 Å². The zero-order valence-electron chi connectivity index (χ0n) is 10.5. The molecule has 0 aliphatic heterocycles. The second-order valence-corrected chi connectivity index (χ2v) is 7.64. The molecule has 0 saturated carbocycles. The Labute approximate surface area is 129 Å². The second kappa shape index (κ2) is 6.52. The van der Waals surface area contributed by atoms with Crippen molar-refractivity contribution in [1.29, 1.82) is 0 Å². The van der Waals surface area contributed by atoms with Crippen molar-refractivity contribution in [2.45, 2.75) is 10.6 Å². The van der Waals surface area contributed by atoms with Crippen molar-refractivity contribution >= 4 is 38.9 Å². The standard InChI is InChI=1S/C12H10ClFN2O3S2/c13-10-5-6-12(20-10)21(18,19)16-15-11(17)7-8-1-3-9(14)4-2-8/h1-6,16H,7H2,(H,15,17). The summed E-state index contributed by atoms with van der Waals surface area (Å²) in [4.78, 5) is 13.6. The number of hydrazine groups is 1. The highest BCUT2D eigenvalue weighted by Crippen LogP contribution is 2.24. The van der Waals surface area contributed by atoms with E-state index < -0.39 is 21.7 Å². The zero-order chi connectivity index (χ0) is 15.5. The van der Waals surface area contributed by atoms with E-state index in [1.54, 1.807) is 0 Å². The van der Waals surface area contributed by atoms with E-state index in [9.17, 15) is 17.6 Å². The van der Waals surface area contributed by atoms with E-state index in [2.05, 4.69) is 5.43 Å². The molecule has 0 bridgehead atoms. The van der Waals surface area contributed by atoms with Gasteiger partial charge in [-0.05, 0) is 29.8 Å². The monoisotopic (exact) mass is 348 g/mol. The Morgan fingerprint density at radius 3 is 2.43 bits per heavy atom. The molecule has 0 aliphatic rings. The van der Waals surface area contributed by atoms with Crippen molar-refractivity contribution in [3.8, 4) is 0 Å². The summed E-state index contributed by atoms with van der Waals surface area (Å²) in [5.74, 6) is -0.970. The normalized spacial score (nSPS) is 11.3. The summed E-state index contributed by atoms with van der Waals surface area (Å²) in [7, 11) is -3.84. The number of nitrogens with one attached hydrogen (secondary N) is 2. The highest BCUT2D eigenvalue weighted by Gasteiger charge is 2.17. The first-order valence-electron chi connectivity index (χ1n) is 5.67. The van der Waals surface area contributed by atoms with Crippen LogP contribution in [0.2, 0.25) is 4.34 Å². The molecule has 0 saturated heterocycles. The molecule has 1 heterocycles. The molecular formula is C12H10ClFN2O3S2. The number of hydrogen-bond donors (Lipinski definition) is 2. The lowest BCUT2D eigenvalue weighted by Crippen LogP contribution is -2.42. The molecule has 0 radical (unpaired) electrons. The highest BCUT2D eigenvalue weighted by molar-refractivity contribution is 7.91. The van der Waals surface area contributed by atoms with E-state index in [1.165, 1.54) is 36.4 Å². The van der Waals surface area contributed by atoms with Gasteiger partial charge in [-0.1, -0.05) is 23.7 Å². The molecule has 0 spiro atoms. The van der Waals surface area contributed by atoms with Gasteiger partial charge >= 0.3 is 0 Å². The molecule has 0 aliphatic carbocycles. The van der Waals surface area contributed by atoms with Crippen LogP contribution in [0.25, 0.3) is 0 Å². The SMILES string of the molecule is O=C(Cc1ccc(F)cc1)NNS(=O)(=O)c1ccc(Cl)s1. The van der Waals surface area contributed by atoms with Crippen LogP contribution >= 0.6 is 22.9 Å². The lowest BCUT2D eigenvalue weighted by molar-refractivity contribution is -0.120. The number of carbonyl (C=O) groups is 1. The number of rotatable bonds is 5. The Bertz CT molecular complexity index is 744. The first-order valence-corrected chi connectivity index (χ1v) is 8.35. The van der Waals surface area contributed by atoms with Crippen molar-refractivity contribution in [3.63, 3.8) is 0 Å². The molecule has 2 N–H and O–H groups in total. The zero-order valence-corrected chi connectivity index (χ0v) is 12.9. The lowest BCUT2D eigenvalue weighted by Gasteiger charge is -2.07. The van der Waals surface area contributed by atoms with Gasteiger partial charge in [0.25, 0.3) is 10.0 Å².